The van der Waals surface area contributed by atoms with E-state index in [1.54, 1.807) is 15.9 Å². The number of hydrogen-bond donors (Lipinski definition) is 1. The molecule has 2 amide bonds. The van der Waals surface area contributed by atoms with Crippen molar-refractivity contribution in [1.29, 1.82) is 0 Å². The number of nitrogens with zero attached hydrogens (tertiary/aromatic N) is 2. The molecule has 2 unspecified atom stereocenters. The number of anilines is 1. The number of para-hydroxylation sites is 2. The Morgan fingerprint density at radius 3 is 2.68 bits per heavy atom. The monoisotopic (exact) mass is 346 g/mol. The lowest BCUT2D eigenvalue weighted by Gasteiger charge is -2.22. The molecule has 2 heterocycles. The second-order valence-corrected chi connectivity index (χ2v) is 6.41. The van der Waals surface area contributed by atoms with Crippen molar-refractivity contribution < 1.29 is 24.2 Å². The minimum absolute atomic E-state index is 0.112. The molecule has 134 valence electrons. The minimum atomic E-state index is -0.870. The molecule has 2 fully saturated rings. The van der Waals surface area contributed by atoms with E-state index < -0.39 is 17.8 Å². The second-order valence-electron chi connectivity index (χ2n) is 6.41. The third-order valence-corrected chi connectivity index (χ3v) is 4.78. The van der Waals surface area contributed by atoms with Crippen molar-refractivity contribution in [2.75, 3.05) is 31.1 Å². The molecule has 2 aliphatic heterocycles. The van der Waals surface area contributed by atoms with Gasteiger partial charge in [-0.05, 0) is 25.5 Å². The lowest BCUT2D eigenvalue weighted by atomic mass is 10.1. The van der Waals surface area contributed by atoms with Crippen LogP contribution in [0.15, 0.2) is 24.3 Å². The van der Waals surface area contributed by atoms with Crippen LogP contribution in [0.5, 0.6) is 5.75 Å². The Morgan fingerprint density at radius 2 is 2.00 bits per heavy atom. The summed E-state index contributed by atoms with van der Waals surface area (Å²) < 4.78 is 5.58. The van der Waals surface area contributed by atoms with E-state index >= 15 is 0 Å². The topological polar surface area (TPSA) is 87.2 Å². The van der Waals surface area contributed by atoms with Crippen molar-refractivity contribution in [2.24, 2.45) is 11.8 Å². The first-order chi connectivity index (χ1) is 12.0. The molecule has 7 heteroatoms. The second kappa shape index (κ2) is 7.13. The number of likely N-dealkylation sites (tertiary alicyclic amines) is 1. The highest BCUT2D eigenvalue weighted by molar-refractivity contribution is 6.01. The lowest BCUT2D eigenvalue weighted by molar-refractivity contribution is -0.141. The van der Waals surface area contributed by atoms with Crippen LogP contribution in [0.3, 0.4) is 0 Å². The third kappa shape index (κ3) is 3.45. The predicted octanol–water partition coefficient (Wildman–Crippen LogP) is 1.37. The molecule has 3 rings (SSSR count). The molecular weight excluding hydrogens is 324 g/mol. The number of ether oxygens (including phenoxy) is 1. The number of amides is 2. The normalized spacial score (nSPS) is 23.2. The van der Waals surface area contributed by atoms with E-state index in [4.69, 9.17) is 9.84 Å². The van der Waals surface area contributed by atoms with Gasteiger partial charge in [-0.15, -0.1) is 0 Å². The first-order valence-corrected chi connectivity index (χ1v) is 8.55. The summed E-state index contributed by atoms with van der Waals surface area (Å²) in [4.78, 5) is 39.3. The molecule has 1 N–H and O–H groups in total. The Kier molecular flexibility index (Phi) is 4.92. The largest absolute Gasteiger partial charge is 0.492 e. The summed E-state index contributed by atoms with van der Waals surface area (Å²) >= 11 is 0. The van der Waals surface area contributed by atoms with Gasteiger partial charge >= 0.3 is 5.97 Å². The van der Waals surface area contributed by atoms with Crippen LogP contribution in [-0.4, -0.2) is 54.0 Å². The van der Waals surface area contributed by atoms with Crippen LogP contribution in [0.4, 0.5) is 5.69 Å². The van der Waals surface area contributed by atoms with Crippen molar-refractivity contribution in [3.63, 3.8) is 0 Å². The molecule has 2 saturated heterocycles. The first kappa shape index (κ1) is 17.3. The number of aliphatic carboxylic acids is 1. The van der Waals surface area contributed by atoms with Gasteiger partial charge in [0.25, 0.3) is 0 Å². The molecule has 1 aromatic carbocycles. The van der Waals surface area contributed by atoms with Gasteiger partial charge in [0.15, 0.2) is 0 Å². The predicted molar refractivity (Wildman–Crippen MR) is 90.4 cm³/mol. The summed E-state index contributed by atoms with van der Waals surface area (Å²) in [5, 5.41) is 9.08. The Labute approximate surface area is 146 Å². The van der Waals surface area contributed by atoms with Gasteiger partial charge in [0, 0.05) is 26.1 Å². The number of rotatable bonds is 5. The lowest BCUT2D eigenvalue weighted by Crippen LogP contribution is -2.36. The van der Waals surface area contributed by atoms with Gasteiger partial charge in [0.05, 0.1) is 24.1 Å². The van der Waals surface area contributed by atoms with Gasteiger partial charge in [0.2, 0.25) is 11.8 Å². The van der Waals surface area contributed by atoms with Crippen LogP contribution in [0, 0.1) is 11.8 Å². The summed E-state index contributed by atoms with van der Waals surface area (Å²) in [6.45, 7) is 3.34. The van der Waals surface area contributed by atoms with Crippen molar-refractivity contribution in [1.82, 2.24) is 4.90 Å². The molecule has 0 aliphatic carbocycles. The summed E-state index contributed by atoms with van der Waals surface area (Å²) in [5.41, 5.74) is 0.675. The van der Waals surface area contributed by atoms with Crippen LogP contribution in [0.2, 0.25) is 0 Å². The molecule has 1 aromatic rings. The van der Waals surface area contributed by atoms with Gasteiger partial charge in [-0.3, -0.25) is 14.4 Å². The molecule has 25 heavy (non-hydrogen) atoms. The molecule has 0 radical (unpaired) electrons. The number of carbonyl (C=O) groups is 3. The molecule has 0 spiro atoms. The number of carboxylic acids is 1. The molecule has 0 bridgehead atoms. The van der Waals surface area contributed by atoms with Crippen molar-refractivity contribution in [3.8, 4) is 5.75 Å². The average molecular weight is 346 g/mol. The zero-order valence-corrected chi connectivity index (χ0v) is 14.2. The SMILES string of the molecule is CCOc1ccccc1N1CC(C(=O)N2CCC(C(=O)O)C2)CC1=O. The maximum absolute atomic E-state index is 12.7. The summed E-state index contributed by atoms with van der Waals surface area (Å²) in [6.07, 6.45) is 0.617. The van der Waals surface area contributed by atoms with Gasteiger partial charge < -0.3 is 19.6 Å². The standard InChI is InChI=1S/C18H22N2O5/c1-2-25-15-6-4-3-5-14(15)20-11-13(9-16(20)21)17(22)19-8-7-12(10-19)18(23)24/h3-6,12-13H,2,7-11H2,1H3,(H,23,24). The maximum atomic E-state index is 12.7. The van der Waals surface area contributed by atoms with E-state index in [9.17, 15) is 14.4 Å². The van der Waals surface area contributed by atoms with Crippen LogP contribution in [0.25, 0.3) is 0 Å². The highest BCUT2D eigenvalue weighted by Crippen LogP contribution is 2.34. The molecular formula is C18H22N2O5. The van der Waals surface area contributed by atoms with Gasteiger partial charge in [-0.25, -0.2) is 0 Å². The Balaban J connectivity index is 1.71. The van der Waals surface area contributed by atoms with Gasteiger partial charge in [-0.2, -0.15) is 0 Å². The van der Waals surface area contributed by atoms with Crippen molar-refractivity contribution in [2.45, 2.75) is 19.8 Å². The smallest absolute Gasteiger partial charge is 0.308 e. The Hall–Kier alpha value is -2.57. The fourth-order valence-electron chi connectivity index (χ4n) is 3.48. The third-order valence-electron chi connectivity index (χ3n) is 4.78. The summed E-state index contributed by atoms with van der Waals surface area (Å²) in [5.74, 6) is -1.43. The minimum Gasteiger partial charge on any atom is -0.492 e. The van der Waals surface area contributed by atoms with E-state index in [0.29, 0.717) is 37.6 Å². The average Bonchev–Trinajstić information content (AvgIpc) is 3.22. The van der Waals surface area contributed by atoms with Crippen LogP contribution < -0.4 is 9.64 Å². The zero-order valence-electron chi connectivity index (χ0n) is 14.2. The highest BCUT2D eigenvalue weighted by atomic mass is 16.5. The number of carbonyl (C=O) groups excluding carboxylic acids is 2. The van der Waals surface area contributed by atoms with Crippen molar-refractivity contribution in [3.05, 3.63) is 24.3 Å². The van der Waals surface area contributed by atoms with E-state index in [2.05, 4.69) is 0 Å². The van der Waals surface area contributed by atoms with Crippen LogP contribution in [0.1, 0.15) is 19.8 Å². The molecule has 2 atom stereocenters. The molecule has 0 saturated carbocycles. The maximum Gasteiger partial charge on any atom is 0.308 e. The quantitative estimate of drug-likeness (QED) is 0.870. The van der Waals surface area contributed by atoms with E-state index in [1.807, 2.05) is 25.1 Å². The van der Waals surface area contributed by atoms with Gasteiger partial charge in [-0.1, -0.05) is 12.1 Å². The van der Waals surface area contributed by atoms with Gasteiger partial charge in [0.1, 0.15) is 5.75 Å². The summed E-state index contributed by atoms with van der Waals surface area (Å²) in [6, 6.07) is 7.29. The summed E-state index contributed by atoms with van der Waals surface area (Å²) in [7, 11) is 0. The van der Waals surface area contributed by atoms with Crippen molar-refractivity contribution >= 4 is 23.5 Å². The zero-order chi connectivity index (χ0) is 18.0. The molecule has 7 nitrogen and oxygen atoms in total. The van der Waals surface area contributed by atoms with E-state index in [1.165, 1.54) is 0 Å². The van der Waals surface area contributed by atoms with Crippen LogP contribution in [-0.2, 0) is 14.4 Å². The Morgan fingerprint density at radius 1 is 1.24 bits per heavy atom. The number of benzene rings is 1. The number of carboxylic acid groups (broad SMARTS) is 1. The Bertz CT molecular complexity index is 690. The van der Waals surface area contributed by atoms with Crippen LogP contribution >= 0.6 is 0 Å². The van der Waals surface area contributed by atoms with E-state index in [0.717, 1.165) is 0 Å². The fraction of sp³-hybridized carbons (Fsp3) is 0.500. The number of hydrogen-bond acceptors (Lipinski definition) is 4. The molecule has 0 aromatic heterocycles. The van der Waals surface area contributed by atoms with E-state index in [-0.39, 0.29) is 24.8 Å². The highest BCUT2D eigenvalue weighted by Gasteiger charge is 2.40. The first-order valence-electron chi connectivity index (χ1n) is 8.55. The molecule has 2 aliphatic rings. The fourth-order valence-corrected chi connectivity index (χ4v) is 3.48.